The van der Waals surface area contributed by atoms with Gasteiger partial charge in [-0.05, 0) is 28.1 Å². The zero-order valence-electron chi connectivity index (χ0n) is 10.3. The summed E-state index contributed by atoms with van der Waals surface area (Å²) in [5.41, 5.74) is -0.296. The minimum Gasteiger partial charge on any atom is -0.506 e. The van der Waals surface area contributed by atoms with Crippen molar-refractivity contribution in [1.82, 2.24) is 10.2 Å². The summed E-state index contributed by atoms with van der Waals surface area (Å²) in [4.78, 5) is 1.28. The highest BCUT2D eigenvalue weighted by atomic mass is 79.9. The van der Waals surface area contributed by atoms with Gasteiger partial charge < -0.3 is 10.4 Å². The summed E-state index contributed by atoms with van der Waals surface area (Å²) in [6.07, 6.45) is -4.51. The van der Waals surface area contributed by atoms with Crippen LogP contribution in [-0.2, 0) is 0 Å². The van der Waals surface area contributed by atoms with Gasteiger partial charge in [-0.1, -0.05) is 11.6 Å². The van der Waals surface area contributed by atoms with Crippen LogP contribution in [0.3, 0.4) is 0 Å². The predicted molar refractivity (Wildman–Crippen MR) is 74.1 cm³/mol. The van der Waals surface area contributed by atoms with Gasteiger partial charge in [0.25, 0.3) is 0 Å². The molecule has 0 amide bonds. The number of phenolic OH excluding ortho intramolecular Hbond substituents is 1. The molecule has 0 unspecified atom stereocenters. The van der Waals surface area contributed by atoms with Crippen LogP contribution in [0.25, 0.3) is 0 Å². The molecular formula is C12H13BrClF3N2O. The number of alkyl halides is 3. The highest BCUT2D eigenvalue weighted by Crippen LogP contribution is 2.46. The molecule has 1 aromatic carbocycles. The van der Waals surface area contributed by atoms with Crippen molar-refractivity contribution in [2.24, 2.45) is 0 Å². The molecule has 1 aliphatic rings. The van der Waals surface area contributed by atoms with E-state index in [1.807, 2.05) is 0 Å². The first-order valence-corrected chi connectivity index (χ1v) is 7.18. The average molecular weight is 374 g/mol. The number of nitrogens with zero attached hydrogens (tertiary/aromatic N) is 1. The van der Waals surface area contributed by atoms with E-state index in [9.17, 15) is 18.3 Å². The minimum absolute atomic E-state index is 0.0912. The van der Waals surface area contributed by atoms with Crippen molar-refractivity contribution in [1.29, 1.82) is 0 Å². The molecule has 0 spiro atoms. The number of phenols is 1. The van der Waals surface area contributed by atoms with Gasteiger partial charge in [-0.3, -0.25) is 4.90 Å². The number of nitrogens with one attached hydrogen (secondary N) is 1. The van der Waals surface area contributed by atoms with Gasteiger partial charge in [0.2, 0.25) is 0 Å². The van der Waals surface area contributed by atoms with Crippen molar-refractivity contribution in [3.05, 3.63) is 27.2 Å². The van der Waals surface area contributed by atoms with Crippen molar-refractivity contribution in [3.63, 3.8) is 0 Å². The molecule has 1 aromatic rings. The second kappa shape index (κ2) is 6.09. The predicted octanol–water partition coefficient (Wildman–Crippen LogP) is 3.32. The highest BCUT2D eigenvalue weighted by molar-refractivity contribution is 9.10. The Balaban J connectivity index is 2.49. The molecule has 1 aliphatic heterocycles. The Morgan fingerprint density at radius 1 is 1.30 bits per heavy atom. The SMILES string of the molecule is Oc1c(Br)ccc(Cl)c1[C@H](N1CCNCC1)C(F)(F)F. The quantitative estimate of drug-likeness (QED) is 0.835. The number of hydrogen-bond acceptors (Lipinski definition) is 3. The number of hydrogen-bond donors (Lipinski definition) is 2. The van der Waals surface area contributed by atoms with Crippen molar-refractivity contribution >= 4 is 27.5 Å². The Labute approximate surface area is 127 Å². The summed E-state index contributed by atoms with van der Waals surface area (Å²) in [6, 6.07) is 0.864. The lowest BCUT2D eigenvalue weighted by Gasteiger charge is -2.36. The molecule has 1 fully saturated rings. The van der Waals surface area contributed by atoms with E-state index < -0.39 is 18.0 Å². The lowest BCUT2D eigenvalue weighted by molar-refractivity contribution is -0.188. The monoisotopic (exact) mass is 372 g/mol. The number of benzene rings is 1. The smallest absolute Gasteiger partial charge is 0.408 e. The van der Waals surface area contributed by atoms with E-state index in [0.29, 0.717) is 13.1 Å². The molecule has 0 aliphatic carbocycles. The average Bonchev–Trinajstić information content (AvgIpc) is 2.39. The van der Waals surface area contributed by atoms with Gasteiger partial charge in [-0.15, -0.1) is 0 Å². The lowest BCUT2D eigenvalue weighted by atomic mass is 10.0. The number of halogens is 5. The Kier molecular flexibility index (Phi) is 4.84. The number of aromatic hydroxyl groups is 1. The summed E-state index contributed by atoms with van der Waals surface area (Å²) in [6.45, 7) is 1.43. The van der Waals surface area contributed by atoms with E-state index >= 15 is 0 Å². The van der Waals surface area contributed by atoms with Crippen LogP contribution in [0, 0.1) is 0 Å². The van der Waals surface area contributed by atoms with Crippen LogP contribution in [-0.4, -0.2) is 42.4 Å². The van der Waals surface area contributed by atoms with Crippen LogP contribution in [0.1, 0.15) is 11.6 Å². The van der Waals surface area contributed by atoms with Gasteiger partial charge in [0.05, 0.1) is 4.47 Å². The van der Waals surface area contributed by atoms with Gasteiger partial charge in [0, 0.05) is 36.8 Å². The lowest BCUT2D eigenvalue weighted by Crippen LogP contribution is -2.49. The summed E-state index contributed by atoms with van der Waals surface area (Å²) in [5, 5.41) is 12.9. The molecular weight excluding hydrogens is 360 g/mol. The Hall–Kier alpha value is -0.500. The first kappa shape index (κ1) is 15.9. The zero-order chi connectivity index (χ0) is 14.9. The molecule has 0 aromatic heterocycles. The normalized spacial score (nSPS) is 19.1. The highest BCUT2D eigenvalue weighted by Gasteiger charge is 2.47. The van der Waals surface area contributed by atoms with Gasteiger partial charge in [-0.2, -0.15) is 13.2 Å². The molecule has 0 bridgehead atoms. The molecule has 1 heterocycles. The molecule has 2 rings (SSSR count). The fourth-order valence-electron chi connectivity index (χ4n) is 2.31. The van der Waals surface area contributed by atoms with E-state index in [1.165, 1.54) is 17.0 Å². The Morgan fingerprint density at radius 3 is 2.45 bits per heavy atom. The summed E-state index contributed by atoms with van der Waals surface area (Å²) >= 11 is 8.93. The van der Waals surface area contributed by atoms with Crippen molar-refractivity contribution in [2.45, 2.75) is 12.2 Å². The van der Waals surface area contributed by atoms with Crippen molar-refractivity contribution < 1.29 is 18.3 Å². The summed E-state index contributed by atoms with van der Waals surface area (Å²) in [5.74, 6) is -0.460. The van der Waals surface area contributed by atoms with Crippen LogP contribution in [0.4, 0.5) is 13.2 Å². The molecule has 0 saturated carbocycles. The van der Waals surface area contributed by atoms with Gasteiger partial charge in [-0.25, -0.2) is 0 Å². The maximum atomic E-state index is 13.4. The first-order chi connectivity index (χ1) is 9.32. The topological polar surface area (TPSA) is 35.5 Å². The van der Waals surface area contributed by atoms with Crippen molar-refractivity contribution in [2.75, 3.05) is 26.2 Å². The third-order valence-electron chi connectivity index (χ3n) is 3.21. The molecule has 1 atom stereocenters. The van der Waals surface area contributed by atoms with Crippen LogP contribution in [0.5, 0.6) is 5.75 Å². The van der Waals surface area contributed by atoms with E-state index in [1.54, 1.807) is 0 Å². The fourth-order valence-corrected chi connectivity index (χ4v) is 2.91. The largest absolute Gasteiger partial charge is 0.506 e. The van der Waals surface area contributed by atoms with Gasteiger partial charge >= 0.3 is 6.18 Å². The molecule has 20 heavy (non-hydrogen) atoms. The van der Waals surface area contributed by atoms with Crippen molar-refractivity contribution in [3.8, 4) is 5.75 Å². The summed E-state index contributed by atoms with van der Waals surface area (Å²) in [7, 11) is 0. The standard InChI is InChI=1S/C12H13BrClF3N2O/c13-7-1-2-8(14)9(10(7)20)11(12(15,16)17)19-5-3-18-4-6-19/h1-2,11,18,20H,3-6H2/t11-/m0/s1. The van der Waals surface area contributed by atoms with Crippen LogP contribution in [0.15, 0.2) is 16.6 Å². The van der Waals surface area contributed by atoms with E-state index in [0.717, 1.165) is 0 Å². The third kappa shape index (κ3) is 3.21. The van der Waals surface area contributed by atoms with E-state index in [-0.39, 0.29) is 28.1 Å². The van der Waals surface area contributed by atoms with Crippen LogP contribution >= 0.6 is 27.5 Å². The van der Waals surface area contributed by atoms with Gasteiger partial charge in [0.1, 0.15) is 11.8 Å². The molecule has 1 saturated heterocycles. The first-order valence-electron chi connectivity index (χ1n) is 6.00. The van der Waals surface area contributed by atoms with E-state index in [2.05, 4.69) is 21.2 Å². The summed E-state index contributed by atoms with van der Waals surface area (Å²) < 4.78 is 40.5. The minimum atomic E-state index is -4.51. The second-order valence-electron chi connectivity index (χ2n) is 4.52. The molecule has 3 nitrogen and oxygen atoms in total. The number of piperazine rings is 1. The Morgan fingerprint density at radius 2 is 1.90 bits per heavy atom. The molecule has 2 N–H and O–H groups in total. The molecule has 0 radical (unpaired) electrons. The van der Waals surface area contributed by atoms with E-state index in [4.69, 9.17) is 11.6 Å². The fraction of sp³-hybridized carbons (Fsp3) is 0.500. The maximum absolute atomic E-state index is 13.4. The van der Waals surface area contributed by atoms with Crippen LogP contribution in [0.2, 0.25) is 5.02 Å². The van der Waals surface area contributed by atoms with Gasteiger partial charge in [0.15, 0.2) is 0 Å². The number of rotatable bonds is 2. The Bertz CT molecular complexity index is 492. The molecule has 8 heteroatoms. The maximum Gasteiger partial charge on any atom is 0.408 e. The second-order valence-corrected chi connectivity index (χ2v) is 5.78. The zero-order valence-corrected chi connectivity index (χ0v) is 12.7. The molecule has 112 valence electrons. The third-order valence-corrected chi connectivity index (χ3v) is 4.18. The van der Waals surface area contributed by atoms with Crippen LogP contribution < -0.4 is 5.32 Å².